The molecular formula is C18H32IN5O2S. The molecule has 0 aliphatic carbocycles. The van der Waals surface area contributed by atoms with Crippen molar-refractivity contribution in [2.24, 2.45) is 4.99 Å². The van der Waals surface area contributed by atoms with E-state index in [1.54, 1.807) is 14.0 Å². The van der Waals surface area contributed by atoms with Gasteiger partial charge < -0.3 is 15.5 Å². The monoisotopic (exact) mass is 509 g/mol. The summed E-state index contributed by atoms with van der Waals surface area (Å²) in [7, 11) is -1.36. The number of aryl methyl sites for hydroxylation is 1. The van der Waals surface area contributed by atoms with Crippen LogP contribution in [0.5, 0.6) is 0 Å². The van der Waals surface area contributed by atoms with Gasteiger partial charge in [-0.15, -0.1) is 24.0 Å². The fourth-order valence-electron chi connectivity index (χ4n) is 2.88. The van der Waals surface area contributed by atoms with E-state index in [9.17, 15) is 8.42 Å². The summed E-state index contributed by atoms with van der Waals surface area (Å²) in [5, 5.41) is 6.70. The Kier molecular flexibility index (Phi) is 10.4. The van der Waals surface area contributed by atoms with E-state index in [2.05, 4.69) is 56.4 Å². The number of halogens is 1. The number of hydrogen-bond acceptors (Lipinski definition) is 4. The summed E-state index contributed by atoms with van der Waals surface area (Å²) >= 11 is 0. The highest BCUT2D eigenvalue weighted by Crippen LogP contribution is 2.20. The second-order valence-corrected chi connectivity index (χ2v) is 8.66. The largest absolute Gasteiger partial charge is 0.369 e. The van der Waals surface area contributed by atoms with Gasteiger partial charge in [-0.05, 0) is 38.8 Å². The van der Waals surface area contributed by atoms with Crippen LogP contribution < -0.4 is 20.3 Å². The topological polar surface area (TPSA) is 85.8 Å². The molecule has 9 heteroatoms. The van der Waals surface area contributed by atoms with Crippen molar-refractivity contribution < 1.29 is 8.42 Å². The van der Waals surface area contributed by atoms with Crippen LogP contribution >= 0.6 is 24.0 Å². The number of rotatable bonds is 8. The number of guanidine groups is 1. The molecule has 1 aliphatic rings. The third-order valence-corrected chi connectivity index (χ3v) is 5.90. The Labute approximate surface area is 180 Å². The van der Waals surface area contributed by atoms with E-state index in [0.717, 1.165) is 25.5 Å². The van der Waals surface area contributed by atoms with Crippen LogP contribution in [0.2, 0.25) is 0 Å². The van der Waals surface area contributed by atoms with Crippen LogP contribution in [0.1, 0.15) is 25.3 Å². The second kappa shape index (κ2) is 11.7. The lowest BCUT2D eigenvalue weighted by atomic mass is 10.2. The van der Waals surface area contributed by atoms with Crippen molar-refractivity contribution in [1.82, 2.24) is 15.4 Å². The summed E-state index contributed by atoms with van der Waals surface area (Å²) in [5.41, 5.74) is 2.53. The molecule has 154 valence electrons. The van der Waals surface area contributed by atoms with Gasteiger partial charge >= 0.3 is 0 Å². The third-order valence-electron chi connectivity index (χ3n) is 4.50. The zero-order chi connectivity index (χ0) is 19.0. The lowest BCUT2D eigenvalue weighted by Crippen LogP contribution is -2.45. The minimum absolute atomic E-state index is 0. The van der Waals surface area contributed by atoms with Crippen molar-refractivity contribution in [3.8, 4) is 0 Å². The highest BCUT2D eigenvalue weighted by atomic mass is 127. The summed E-state index contributed by atoms with van der Waals surface area (Å²) in [6.07, 6.45) is 1.77. The summed E-state index contributed by atoms with van der Waals surface area (Å²) in [5.74, 6) is 0.877. The Morgan fingerprint density at radius 2 is 1.96 bits per heavy atom. The first-order valence-electron chi connectivity index (χ1n) is 9.19. The highest BCUT2D eigenvalue weighted by molar-refractivity contribution is 14.0. The molecule has 0 aromatic heterocycles. The Morgan fingerprint density at radius 1 is 1.26 bits per heavy atom. The van der Waals surface area contributed by atoms with E-state index >= 15 is 0 Å². The first-order valence-corrected chi connectivity index (χ1v) is 10.8. The SMILES string of the molecule is CCS(=O)(=O)NCCCNC(=NC)NC1CCN(c2ccc(C)cc2)C1.I. The van der Waals surface area contributed by atoms with Gasteiger partial charge in [0.05, 0.1) is 5.75 Å². The standard InChI is InChI=1S/C18H31N5O2S.HI/c1-4-26(24,25)21-12-5-11-20-18(19-3)22-16-10-13-23(14-16)17-8-6-15(2)7-9-17;/h6-9,16,21H,4-5,10-14H2,1-3H3,(H2,19,20,22);1H. The predicted octanol–water partition coefficient (Wildman–Crippen LogP) is 1.69. The highest BCUT2D eigenvalue weighted by Gasteiger charge is 2.23. The molecule has 1 saturated heterocycles. The first-order chi connectivity index (χ1) is 12.4. The third kappa shape index (κ3) is 8.22. The van der Waals surface area contributed by atoms with Gasteiger partial charge in [0, 0.05) is 45.0 Å². The molecule has 0 bridgehead atoms. The van der Waals surface area contributed by atoms with E-state index in [-0.39, 0.29) is 29.7 Å². The van der Waals surface area contributed by atoms with E-state index in [0.29, 0.717) is 25.6 Å². The lowest BCUT2D eigenvalue weighted by molar-refractivity contribution is 0.579. The maximum atomic E-state index is 11.4. The van der Waals surface area contributed by atoms with Crippen molar-refractivity contribution in [3.63, 3.8) is 0 Å². The van der Waals surface area contributed by atoms with Gasteiger partial charge in [0.2, 0.25) is 10.0 Å². The Morgan fingerprint density at radius 3 is 2.59 bits per heavy atom. The smallest absolute Gasteiger partial charge is 0.211 e. The van der Waals surface area contributed by atoms with Crippen LogP contribution in [-0.4, -0.2) is 59.4 Å². The molecule has 1 fully saturated rings. The molecule has 0 spiro atoms. The number of hydrogen-bond donors (Lipinski definition) is 3. The molecule has 0 saturated carbocycles. The zero-order valence-electron chi connectivity index (χ0n) is 16.4. The molecule has 1 heterocycles. The average molecular weight is 509 g/mol. The van der Waals surface area contributed by atoms with Gasteiger partial charge in [-0.2, -0.15) is 0 Å². The second-order valence-electron chi connectivity index (χ2n) is 6.56. The summed E-state index contributed by atoms with van der Waals surface area (Å²) in [4.78, 5) is 6.64. The van der Waals surface area contributed by atoms with Gasteiger partial charge in [-0.25, -0.2) is 13.1 Å². The van der Waals surface area contributed by atoms with Gasteiger partial charge in [0.15, 0.2) is 5.96 Å². The fourth-order valence-corrected chi connectivity index (χ4v) is 3.54. The van der Waals surface area contributed by atoms with Crippen molar-refractivity contribution >= 4 is 45.6 Å². The van der Waals surface area contributed by atoms with E-state index in [4.69, 9.17) is 0 Å². The first kappa shape index (κ1) is 24.0. The number of anilines is 1. The average Bonchev–Trinajstić information content (AvgIpc) is 3.09. The van der Waals surface area contributed by atoms with Crippen molar-refractivity contribution in [2.45, 2.75) is 32.7 Å². The number of aliphatic imine (C=N–C) groups is 1. The molecule has 27 heavy (non-hydrogen) atoms. The predicted molar refractivity (Wildman–Crippen MR) is 124 cm³/mol. The maximum Gasteiger partial charge on any atom is 0.211 e. The van der Waals surface area contributed by atoms with E-state index < -0.39 is 10.0 Å². The van der Waals surface area contributed by atoms with Gasteiger partial charge in [-0.3, -0.25) is 4.99 Å². The van der Waals surface area contributed by atoms with Crippen LogP contribution in [-0.2, 0) is 10.0 Å². The number of nitrogens with zero attached hydrogens (tertiary/aromatic N) is 2. The maximum absolute atomic E-state index is 11.4. The van der Waals surface area contributed by atoms with Crippen LogP contribution in [0, 0.1) is 6.92 Å². The Bertz CT molecular complexity index is 694. The summed E-state index contributed by atoms with van der Waals surface area (Å²) in [6, 6.07) is 8.97. The van der Waals surface area contributed by atoms with Gasteiger partial charge in [0.25, 0.3) is 0 Å². The van der Waals surface area contributed by atoms with E-state index in [1.807, 2.05) is 0 Å². The molecule has 0 amide bonds. The van der Waals surface area contributed by atoms with Crippen molar-refractivity contribution in [3.05, 3.63) is 29.8 Å². The zero-order valence-corrected chi connectivity index (χ0v) is 19.5. The summed E-state index contributed by atoms with van der Waals surface area (Å²) in [6.45, 7) is 6.80. The Hall–Kier alpha value is -1.07. The molecule has 1 unspecified atom stereocenters. The molecule has 0 radical (unpaired) electrons. The molecule has 1 aromatic carbocycles. The quantitative estimate of drug-likeness (QED) is 0.215. The molecule has 1 aromatic rings. The molecule has 1 atom stereocenters. The molecule has 1 aliphatic heterocycles. The number of sulfonamides is 1. The van der Waals surface area contributed by atoms with Crippen molar-refractivity contribution in [2.75, 3.05) is 43.9 Å². The molecule has 3 N–H and O–H groups in total. The minimum atomic E-state index is -3.11. The lowest BCUT2D eigenvalue weighted by Gasteiger charge is -2.20. The number of nitrogens with one attached hydrogen (secondary N) is 3. The van der Waals surface area contributed by atoms with Gasteiger partial charge in [-0.1, -0.05) is 17.7 Å². The Balaban J connectivity index is 0.00000364. The summed E-state index contributed by atoms with van der Waals surface area (Å²) < 4.78 is 25.3. The van der Waals surface area contributed by atoms with Crippen LogP contribution in [0.25, 0.3) is 0 Å². The van der Waals surface area contributed by atoms with Crippen LogP contribution in [0.4, 0.5) is 5.69 Å². The fraction of sp³-hybridized carbons (Fsp3) is 0.611. The number of benzene rings is 1. The molecule has 2 rings (SSSR count). The molecule has 7 nitrogen and oxygen atoms in total. The minimum Gasteiger partial charge on any atom is -0.369 e. The van der Waals surface area contributed by atoms with E-state index in [1.165, 1.54) is 11.3 Å². The molecular weight excluding hydrogens is 477 g/mol. The van der Waals surface area contributed by atoms with Crippen LogP contribution in [0.15, 0.2) is 29.3 Å². The normalized spacial score (nSPS) is 17.5. The van der Waals surface area contributed by atoms with Gasteiger partial charge in [0.1, 0.15) is 0 Å². The van der Waals surface area contributed by atoms with Crippen LogP contribution in [0.3, 0.4) is 0 Å². The van der Waals surface area contributed by atoms with Crippen molar-refractivity contribution in [1.29, 1.82) is 0 Å².